The Morgan fingerprint density at radius 1 is 0.925 bits per heavy atom. The molecule has 0 spiro atoms. The van der Waals surface area contributed by atoms with E-state index in [1.807, 2.05) is 42.5 Å². The number of aryl methyl sites for hydroxylation is 1. The molecule has 14 nitrogen and oxygen atoms in total. The van der Waals surface area contributed by atoms with Crippen molar-refractivity contribution in [3.63, 3.8) is 0 Å². The number of fused-ring (bicyclic) bond motifs is 3. The van der Waals surface area contributed by atoms with Crippen LogP contribution in [-0.4, -0.2) is 95.0 Å². The highest BCUT2D eigenvalue weighted by molar-refractivity contribution is 7.09. The van der Waals surface area contributed by atoms with E-state index in [-0.39, 0.29) is 36.8 Å². The molecule has 2 bridgehead atoms. The molecule has 1 aliphatic heterocycles. The summed E-state index contributed by atoms with van der Waals surface area (Å²) >= 11 is 1.17. The van der Waals surface area contributed by atoms with E-state index in [1.165, 1.54) is 35.0 Å². The van der Waals surface area contributed by atoms with Gasteiger partial charge in [0, 0.05) is 30.9 Å². The maximum atomic E-state index is 14.2. The van der Waals surface area contributed by atoms with Gasteiger partial charge in [-0.05, 0) is 50.8 Å². The van der Waals surface area contributed by atoms with Crippen LogP contribution in [0.15, 0.2) is 64.4 Å². The van der Waals surface area contributed by atoms with Gasteiger partial charge >= 0.3 is 0 Å². The van der Waals surface area contributed by atoms with E-state index < -0.39 is 59.6 Å². The SMILES string of the molecule is Cc1cc2cccc(C(=O)N3CCN(C)C(=O)[C@@H](C)NC(=O)[C@H](C(C)C)NC(=O)[C@H](C)NC(=O)c4csc(n4)[C@H](Cc4ccccc4)NC(=O)C3)c2o1. The van der Waals surface area contributed by atoms with Gasteiger partial charge in [0.15, 0.2) is 0 Å². The average Bonchev–Trinajstić information content (AvgIpc) is 3.77. The summed E-state index contributed by atoms with van der Waals surface area (Å²) in [6.07, 6.45) is 0.339. The number of hydrogen-bond acceptors (Lipinski definition) is 9. The van der Waals surface area contributed by atoms with E-state index >= 15 is 0 Å². The number of likely N-dealkylation sites (N-methyl/N-ethyl adjacent to an activating group) is 1. The summed E-state index contributed by atoms with van der Waals surface area (Å²) in [4.78, 5) is 88.6. The van der Waals surface area contributed by atoms with Crippen LogP contribution in [0.4, 0.5) is 0 Å². The lowest BCUT2D eigenvalue weighted by Crippen LogP contribution is -2.57. The summed E-state index contributed by atoms with van der Waals surface area (Å²) in [5.74, 6) is -2.92. The van der Waals surface area contributed by atoms with Gasteiger partial charge in [-0.3, -0.25) is 28.8 Å². The predicted molar refractivity (Wildman–Crippen MR) is 199 cm³/mol. The largest absolute Gasteiger partial charge is 0.461 e. The zero-order valence-electron chi connectivity index (χ0n) is 30.6. The van der Waals surface area contributed by atoms with Gasteiger partial charge in [0.25, 0.3) is 11.8 Å². The highest BCUT2D eigenvalue weighted by Crippen LogP contribution is 2.25. The van der Waals surface area contributed by atoms with Gasteiger partial charge in [0.2, 0.25) is 23.6 Å². The normalized spacial score (nSPS) is 21.5. The Labute approximate surface area is 311 Å². The van der Waals surface area contributed by atoms with Gasteiger partial charge in [0.05, 0.1) is 18.2 Å². The third-order valence-electron chi connectivity index (χ3n) is 8.99. The van der Waals surface area contributed by atoms with E-state index in [9.17, 15) is 28.8 Å². The first kappa shape index (κ1) is 38.7. The first-order valence-corrected chi connectivity index (χ1v) is 18.3. The van der Waals surface area contributed by atoms with Gasteiger partial charge in [-0.1, -0.05) is 56.3 Å². The number of furan rings is 1. The molecule has 15 heteroatoms. The number of para-hydroxylation sites is 1. The zero-order valence-corrected chi connectivity index (χ0v) is 31.4. The number of thiazole rings is 1. The van der Waals surface area contributed by atoms with Crippen LogP contribution in [-0.2, 0) is 25.6 Å². The molecule has 0 unspecified atom stereocenters. The molecule has 5 rings (SSSR count). The molecule has 0 radical (unpaired) electrons. The molecule has 2 aromatic carbocycles. The van der Waals surface area contributed by atoms with Crippen molar-refractivity contribution in [2.45, 2.75) is 65.2 Å². The lowest BCUT2D eigenvalue weighted by molar-refractivity contribution is -0.136. The molecule has 53 heavy (non-hydrogen) atoms. The van der Waals surface area contributed by atoms with Crippen LogP contribution in [0.2, 0.25) is 0 Å². The van der Waals surface area contributed by atoms with Gasteiger partial charge in [-0.25, -0.2) is 4.98 Å². The number of nitrogens with one attached hydrogen (secondary N) is 4. The summed E-state index contributed by atoms with van der Waals surface area (Å²) in [5.41, 5.74) is 1.60. The van der Waals surface area contributed by atoms with Crippen LogP contribution in [0.1, 0.15) is 70.9 Å². The van der Waals surface area contributed by atoms with Crippen molar-refractivity contribution in [2.24, 2.45) is 5.92 Å². The monoisotopic (exact) mass is 743 g/mol. The van der Waals surface area contributed by atoms with E-state index in [0.717, 1.165) is 10.9 Å². The van der Waals surface area contributed by atoms with Crippen LogP contribution in [0.5, 0.6) is 0 Å². The average molecular weight is 744 g/mol. The Kier molecular flexibility index (Phi) is 12.3. The van der Waals surface area contributed by atoms with Crippen LogP contribution >= 0.6 is 11.3 Å². The fraction of sp³-hybridized carbons (Fsp3) is 0.395. The Morgan fingerprint density at radius 3 is 2.38 bits per heavy atom. The number of carbonyl (C=O) groups excluding carboxylic acids is 6. The van der Waals surface area contributed by atoms with Crippen molar-refractivity contribution in [2.75, 3.05) is 26.7 Å². The summed E-state index contributed by atoms with van der Waals surface area (Å²) in [6, 6.07) is 12.8. The van der Waals surface area contributed by atoms with Crippen molar-refractivity contribution >= 4 is 57.7 Å². The number of benzene rings is 2. The molecule has 2 aromatic heterocycles. The Balaban J connectivity index is 1.50. The minimum absolute atomic E-state index is 0.0290. The number of rotatable bonds is 4. The number of hydrogen-bond donors (Lipinski definition) is 4. The first-order chi connectivity index (χ1) is 25.2. The third kappa shape index (κ3) is 9.46. The smallest absolute Gasteiger partial charge is 0.271 e. The molecule has 280 valence electrons. The van der Waals surface area contributed by atoms with Crippen LogP contribution in [0.3, 0.4) is 0 Å². The molecule has 0 saturated carbocycles. The van der Waals surface area contributed by atoms with Crippen molar-refractivity contribution in [1.29, 1.82) is 0 Å². The minimum Gasteiger partial charge on any atom is -0.461 e. The number of carbonyl (C=O) groups is 6. The van der Waals surface area contributed by atoms with Crippen LogP contribution in [0.25, 0.3) is 11.0 Å². The summed E-state index contributed by atoms with van der Waals surface area (Å²) in [7, 11) is 1.54. The molecule has 4 aromatic rings. The number of aromatic nitrogens is 1. The van der Waals surface area contributed by atoms with Gasteiger partial charge in [0.1, 0.15) is 40.2 Å². The minimum atomic E-state index is -1.03. The highest BCUT2D eigenvalue weighted by atomic mass is 32.1. The molecule has 4 atom stereocenters. The molecule has 0 aliphatic carbocycles. The topological polar surface area (TPSA) is 183 Å². The molecule has 0 fully saturated rings. The first-order valence-electron chi connectivity index (χ1n) is 17.5. The van der Waals surface area contributed by atoms with Crippen LogP contribution in [0, 0.1) is 12.8 Å². The molecule has 1 aliphatic rings. The number of nitrogens with zero attached hydrogens (tertiary/aromatic N) is 3. The van der Waals surface area contributed by atoms with Crippen molar-refractivity contribution in [3.8, 4) is 0 Å². The van der Waals surface area contributed by atoms with E-state index in [4.69, 9.17) is 4.42 Å². The second kappa shape index (κ2) is 16.8. The Hall–Kier alpha value is -5.57. The predicted octanol–water partition coefficient (Wildman–Crippen LogP) is 2.98. The summed E-state index contributed by atoms with van der Waals surface area (Å²) < 4.78 is 5.87. The highest BCUT2D eigenvalue weighted by Gasteiger charge is 2.31. The van der Waals surface area contributed by atoms with Gasteiger partial charge in [-0.2, -0.15) is 0 Å². The maximum absolute atomic E-state index is 14.2. The van der Waals surface area contributed by atoms with Crippen molar-refractivity contribution in [3.05, 3.63) is 87.6 Å². The zero-order chi connectivity index (χ0) is 38.4. The second-order valence-electron chi connectivity index (χ2n) is 13.6. The summed E-state index contributed by atoms with van der Waals surface area (Å²) in [6.45, 7) is 7.94. The summed E-state index contributed by atoms with van der Waals surface area (Å²) in [5, 5.41) is 13.7. The van der Waals surface area contributed by atoms with Crippen molar-refractivity contribution < 1.29 is 33.2 Å². The molecular weight excluding hydrogens is 699 g/mol. The lowest BCUT2D eigenvalue weighted by atomic mass is 10.0. The third-order valence-corrected chi connectivity index (χ3v) is 9.95. The van der Waals surface area contributed by atoms with Gasteiger partial charge in [-0.15, -0.1) is 11.3 Å². The van der Waals surface area contributed by atoms with Crippen LogP contribution < -0.4 is 21.3 Å². The van der Waals surface area contributed by atoms with E-state index in [2.05, 4.69) is 26.3 Å². The van der Waals surface area contributed by atoms with E-state index in [1.54, 1.807) is 45.3 Å². The lowest BCUT2D eigenvalue weighted by Gasteiger charge is -2.29. The fourth-order valence-electron chi connectivity index (χ4n) is 6.02. The molecule has 6 amide bonds. The standard InChI is InChI=1S/C38H45N7O7S/c1-21(2)31-35(49)40-24(5)37(50)44(6)15-16-45(38(51)27-14-10-13-26-17-22(3)52-32(26)27)19-30(46)41-28(18-25-11-8-7-9-12-25)36-42-29(20-53-36)34(48)39-23(4)33(47)43-31/h7-14,17,20-21,23-24,28,31H,15-16,18-19H2,1-6H3,(H,39,48)(H,40,49)(H,41,46)(H,43,47)/t23-,24+,28-,31-/m0/s1. The quantitative estimate of drug-likeness (QED) is 0.246. The fourth-order valence-corrected chi connectivity index (χ4v) is 6.87. The Morgan fingerprint density at radius 2 is 1.66 bits per heavy atom. The molecule has 4 N–H and O–H groups in total. The maximum Gasteiger partial charge on any atom is 0.271 e. The van der Waals surface area contributed by atoms with Crippen molar-refractivity contribution in [1.82, 2.24) is 36.1 Å². The Bertz CT molecular complexity index is 1990. The number of amides is 6. The molecular formula is C38H45N7O7S. The second-order valence-corrected chi connectivity index (χ2v) is 14.5. The van der Waals surface area contributed by atoms with E-state index in [0.29, 0.717) is 22.8 Å². The molecule has 0 saturated heterocycles. The van der Waals surface area contributed by atoms with Gasteiger partial charge < -0.3 is 35.5 Å². The molecule has 3 heterocycles.